The summed E-state index contributed by atoms with van der Waals surface area (Å²) in [7, 11) is 0. The summed E-state index contributed by atoms with van der Waals surface area (Å²) in [5.41, 5.74) is 0.632. The molecule has 1 aromatic rings. The monoisotopic (exact) mass is 296 g/mol. The molecule has 21 heavy (non-hydrogen) atoms. The molecule has 1 fully saturated rings. The Morgan fingerprint density at radius 2 is 2.24 bits per heavy atom. The number of amides is 1. The molecule has 2 unspecified atom stereocenters. The van der Waals surface area contributed by atoms with Gasteiger partial charge >= 0.3 is 0 Å². The lowest BCUT2D eigenvalue weighted by atomic mass is 10.0. The molecule has 3 N–H and O–H groups in total. The van der Waals surface area contributed by atoms with Crippen LogP contribution in [0.3, 0.4) is 0 Å². The van der Waals surface area contributed by atoms with Crippen molar-refractivity contribution in [2.24, 2.45) is 0 Å². The van der Waals surface area contributed by atoms with Gasteiger partial charge in [-0.3, -0.25) is 4.79 Å². The fourth-order valence-electron chi connectivity index (χ4n) is 2.28. The van der Waals surface area contributed by atoms with Crippen molar-refractivity contribution in [3.05, 3.63) is 35.6 Å². The number of nitrogens with one attached hydrogen (secondary N) is 2. The zero-order valence-electron chi connectivity index (χ0n) is 12.0. The molecule has 116 valence electrons. The van der Waals surface area contributed by atoms with E-state index >= 15 is 0 Å². The minimum absolute atomic E-state index is 0.180. The molecule has 1 aliphatic rings. The minimum atomic E-state index is -0.744. The fourth-order valence-corrected chi connectivity index (χ4v) is 2.28. The van der Waals surface area contributed by atoms with E-state index in [1.54, 1.807) is 12.1 Å². The Labute approximate surface area is 123 Å². The second-order valence-electron chi connectivity index (χ2n) is 5.28. The lowest BCUT2D eigenvalue weighted by molar-refractivity contribution is -0.135. The second kappa shape index (κ2) is 7.49. The maximum atomic E-state index is 12.8. The van der Waals surface area contributed by atoms with Crippen LogP contribution in [0.5, 0.6) is 0 Å². The van der Waals surface area contributed by atoms with Gasteiger partial charge in [-0.25, -0.2) is 4.39 Å². The van der Waals surface area contributed by atoms with Crippen LogP contribution in [0, 0.1) is 5.82 Å². The van der Waals surface area contributed by atoms with Gasteiger partial charge in [0.2, 0.25) is 0 Å². The topological polar surface area (TPSA) is 70.6 Å². The van der Waals surface area contributed by atoms with Gasteiger partial charge in [-0.1, -0.05) is 12.1 Å². The smallest absolute Gasteiger partial charge is 0.250 e. The van der Waals surface area contributed by atoms with E-state index in [0.29, 0.717) is 25.1 Å². The van der Waals surface area contributed by atoms with Crippen molar-refractivity contribution in [1.82, 2.24) is 10.6 Å². The molecule has 1 aliphatic heterocycles. The molecule has 6 heteroatoms. The maximum Gasteiger partial charge on any atom is 0.250 e. The first-order valence-corrected chi connectivity index (χ1v) is 7.12. The molecule has 1 saturated heterocycles. The molecule has 1 amide bonds. The first-order valence-electron chi connectivity index (χ1n) is 7.12. The molecular formula is C15H21FN2O3. The van der Waals surface area contributed by atoms with Crippen LogP contribution in [0.1, 0.15) is 25.0 Å². The molecule has 5 nitrogen and oxygen atoms in total. The van der Waals surface area contributed by atoms with Gasteiger partial charge in [0.25, 0.3) is 5.91 Å². The Kier molecular flexibility index (Phi) is 5.67. The summed E-state index contributed by atoms with van der Waals surface area (Å²) in [5.74, 6) is -0.518. The van der Waals surface area contributed by atoms with Crippen LogP contribution in [-0.4, -0.2) is 42.9 Å². The lowest BCUT2D eigenvalue weighted by Gasteiger charge is -2.25. The molecule has 3 atom stereocenters. The van der Waals surface area contributed by atoms with Crippen molar-refractivity contribution in [1.29, 1.82) is 0 Å². The van der Waals surface area contributed by atoms with Crippen molar-refractivity contribution >= 4 is 5.91 Å². The third kappa shape index (κ3) is 4.77. The molecule has 0 radical (unpaired) electrons. The number of ether oxygens (including phenoxy) is 1. The second-order valence-corrected chi connectivity index (χ2v) is 5.28. The van der Waals surface area contributed by atoms with E-state index in [4.69, 9.17) is 4.74 Å². The van der Waals surface area contributed by atoms with Crippen molar-refractivity contribution in [2.45, 2.75) is 31.6 Å². The number of hydrogen-bond donors (Lipinski definition) is 3. The van der Waals surface area contributed by atoms with Crippen molar-refractivity contribution in [2.75, 3.05) is 19.7 Å². The molecule has 0 spiro atoms. The summed E-state index contributed by atoms with van der Waals surface area (Å²) in [6.45, 7) is 3.59. The van der Waals surface area contributed by atoms with Crippen LogP contribution < -0.4 is 10.6 Å². The minimum Gasteiger partial charge on any atom is -0.388 e. The van der Waals surface area contributed by atoms with E-state index < -0.39 is 12.2 Å². The van der Waals surface area contributed by atoms with Gasteiger partial charge in [0.1, 0.15) is 11.9 Å². The number of carbonyl (C=O) groups is 1. The zero-order chi connectivity index (χ0) is 15.2. The third-order valence-corrected chi connectivity index (χ3v) is 3.44. The molecule has 0 aliphatic carbocycles. The highest BCUT2D eigenvalue weighted by molar-refractivity contribution is 5.81. The summed E-state index contributed by atoms with van der Waals surface area (Å²) < 4.78 is 18.2. The van der Waals surface area contributed by atoms with E-state index in [2.05, 4.69) is 10.6 Å². The molecular weight excluding hydrogens is 275 g/mol. The van der Waals surface area contributed by atoms with Crippen molar-refractivity contribution in [3.63, 3.8) is 0 Å². The van der Waals surface area contributed by atoms with Gasteiger partial charge in [0.15, 0.2) is 0 Å². The predicted molar refractivity (Wildman–Crippen MR) is 76.2 cm³/mol. The predicted octanol–water partition coefficient (Wildman–Crippen LogP) is 0.742. The quantitative estimate of drug-likeness (QED) is 0.749. The third-order valence-electron chi connectivity index (χ3n) is 3.44. The van der Waals surface area contributed by atoms with Gasteiger partial charge in [0, 0.05) is 19.1 Å². The Morgan fingerprint density at radius 1 is 1.52 bits per heavy atom. The van der Waals surface area contributed by atoms with Crippen LogP contribution in [-0.2, 0) is 9.53 Å². The van der Waals surface area contributed by atoms with Gasteiger partial charge < -0.3 is 20.5 Å². The maximum absolute atomic E-state index is 12.8. The van der Waals surface area contributed by atoms with Crippen molar-refractivity contribution in [3.8, 4) is 0 Å². The number of morpholine rings is 1. The Hall–Kier alpha value is -1.50. The van der Waals surface area contributed by atoms with Gasteiger partial charge in [-0.15, -0.1) is 0 Å². The van der Waals surface area contributed by atoms with Crippen LogP contribution in [0.25, 0.3) is 0 Å². The average Bonchev–Trinajstić information content (AvgIpc) is 2.48. The van der Waals surface area contributed by atoms with Gasteiger partial charge in [-0.05, 0) is 31.0 Å². The van der Waals surface area contributed by atoms with Crippen molar-refractivity contribution < 1.29 is 19.0 Å². The summed E-state index contributed by atoms with van der Waals surface area (Å²) in [6.07, 6.45) is -0.868. The number of carbonyl (C=O) groups excluding carboxylic acids is 1. The number of hydrogen-bond acceptors (Lipinski definition) is 4. The van der Waals surface area contributed by atoms with Crippen LogP contribution in [0.2, 0.25) is 0 Å². The summed E-state index contributed by atoms with van der Waals surface area (Å²) in [5, 5.41) is 16.0. The lowest BCUT2D eigenvalue weighted by Crippen LogP contribution is -2.49. The molecule has 0 saturated carbocycles. The Balaban J connectivity index is 1.81. The molecule has 1 heterocycles. The highest BCUT2D eigenvalue weighted by Gasteiger charge is 2.23. The van der Waals surface area contributed by atoms with E-state index in [0.717, 1.165) is 6.54 Å². The first kappa shape index (κ1) is 15.9. The number of rotatable bonds is 5. The van der Waals surface area contributed by atoms with E-state index in [1.807, 2.05) is 6.92 Å². The zero-order valence-corrected chi connectivity index (χ0v) is 12.0. The molecule has 1 aromatic carbocycles. The first-order chi connectivity index (χ1) is 10.1. The number of aliphatic hydroxyl groups excluding tert-OH is 1. The molecule has 2 rings (SSSR count). The fraction of sp³-hybridized carbons (Fsp3) is 0.533. The Bertz CT molecular complexity index is 460. The number of aliphatic hydroxyl groups is 1. The van der Waals surface area contributed by atoms with E-state index in [1.165, 1.54) is 12.1 Å². The summed E-state index contributed by atoms with van der Waals surface area (Å²) >= 11 is 0. The highest BCUT2D eigenvalue weighted by Crippen LogP contribution is 2.18. The van der Waals surface area contributed by atoms with Gasteiger partial charge in [-0.2, -0.15) is 0 Å². The normalized spacial score (nSPS) is 21.6. The number of benzene rings is 1. The van der Waals surface area contributed by atoms with Crippen LogP contribution in [0.15, 0.2) is 24.3 Å². The van der Waals surface area contributed by atoms with E-state index in [9.17, 15) is 14.3 Å². The summed E-state index contributed by atoms with van der Waals surface area (Å²) in [4.78, 5) is 12.0. The van der Waals surface area contributed by atoms with E-state index in [-0.39, 0.29) is 17.8 Å². The SMILES string of the molecule is CC(CC(O)c1ccc(F)cc1)NC(=O)[C@H]1CNCCO1. The average molecular weight is 296 g/mol. The highest BCUT2D eigenvalue weighted by atomic mass is 19.1. The van der Waals surface area contributed by atoms with Gasteiger partial charge in [0.05, 0.1) is 12.7 Å². The largest absolute Gasteiger partial charge is 0.388 e. The standard InChI is InChI=1S/C15H21FN2O3/c1-10(18-15(20)14-9-17-6-7-21-14)8-13(19)11-2-4-12(16)5-3-11/h2-5,10,13-14,17,19H,6-9H2,1H3,(H,18,20)/t10?,13?,14-/m1/s1. The molecule has 0 bridgehead atoms. The molecule has 0 aromatic heterocycles. The number of halogens is 1. The Morgan fingerprint density at radius 3 is 2.86 bits per heavy atom. The van der Waals surface area contributed by atoms with Crippen LogP contribution >= 0.6 is 0 Å². The van der Waals surface area contributed by atoms with Crippen LogP contribution in [0.4, 0.5) is 4.39 Å². The summed E-state index contributed by atoms with van der Waals surface area (Å²) in [6, 6.07) is 5.50.